The Morgan fingerprint density at radius 3 is 2.26 bits per heavy atom. The Balaban J connectivity index is 1.65. The van der Waals surface area contributed by atoms with Crippen LogP contribution >= 0.6 is 0 Å². The maximum absolute atomic E-state index is 12.8. The summed E-state index contributed by atoms with van der Waals surface area (Å²) >= 11 is 0. The van der Waals surface area contributed by atoms with Crippen LogP contribution in [-0.2, 0) is 0 Å². The van der Waals surface area contributed by atoms with E-state index in [2.05, 4.69) is 10.2 Å². The Bertz CT molecular complexity index is 1380. The summed E-state index contributed by atoms with van der Waals surface area (Å²) in [6, 6.07) is 26.8. The fraction of sp³-hybridized carbons (Fsp3) is 0. The molecule has 0 unspecified atom stereocenters. The quantitative estimate of drug-likeness (QED) is 0.243. The summed E-state index contributed by atoms with van der Waals surface area (Å²) in [5.41, 5.74) is 0.948. The highest BCUT2D eigenvalue weighted by atomic mass is 16.3. The van der Waals surface area contributed by atoms with Gasteiger partial charge in [-0.25, -0.2) is 0 Å². The molecule has 0 bridgehead atoms. The first kappa shape index (κ1) is 19.9. The SMILES string of the molecule is O=C(/C=C/c1ccc2ccccc2c1)c1cc(N=Nc2ccccc2)ccc(=O)c1O. The number of carbonyl (C=O) groups is 1. The molecule has 0 aliphatic heterocycles. The molecule has 150 valence electrons. The highest BCUT2D eigenvalue weighted by molar-refractivity contribution is 6.09. The van der Waals surface area contributed by atoms with Crippen LogP contribution in [0, 0.1) is 0 Å². The lowest BCUT2D eigenvalue weighted by Crippen LogP contribution is -2.01. The Hall–Kier alpha value is -4.38. The van der Waals surface area contributed by atoms with Crippen molar-refractivity contribution in [3.63, 3.8) is 0 Å². The average molecular weight is 406 g/mol. The largest absolute Gasteiger partial charge is 0.504 e. The van der Waals surface area contributed by atoms with Gasteiger partial charge in [-0.15, -0.1) is 0 Å². The van der Waals surface area contributed by atoms with Gasteiger partial charge in [-0.1, -0.05) is 60.7 Å². The van der Waals surface area contributed by atoms with E-state index in [-0.39, 0.29) is 11.3 Å². The number of azo groups is 1. The fourth-order valence-corrected chi connectivity index (χ4v) is 3.07. The number of fused-ring (bicyclic) bond motifs is 1. The first-order valence-electron chi connectivity index (χ1n) is 9.65. The van der Waals surface area contributed by atoms with Crippen LogP contribution in [0.4, 0.5) is 11.4 Å². The molecule has 0 saturated heterocycles. The monoisotopic (exact) mass is 406 g/mol. The molecule has 4 aromatic rings. The number of carbonyl (C=O) groups excluding carboxylic acids is 1. The minimum absolute atomic E-state index is 0.131. The predicted octanol–water partition coefficient (Wildman–Crippen LogP) is 6.22. The molecular formula is C26H18N2O3. The summed E-state index contributed by atoms with van der Waals surface area (Å²) in [5.74, 6) is -1.12. The third-order valence-corrected chi connectivity index (χ3v) is 4.69. The summed E-state index contributed by atoms with van der Waals surface area (Å²) in [6.45, 7) is 0. The zero-order valence-electron chi connectivity index (χ0n) is 16.5. The number of aromatic hydroxyl groups is 1. The lowest BCUT2D eigenvalue weighted by Gasteiger charge is -2.00. The number of hydrogen-bond acceptors (Lipinski definition) is 5. The van der Waals surface area contributed by atoms with Gasteiger partial charge in [0.05, 0.1) is 16.9 Å². The topological polar surface area (TPSA) is 79.1 Å². The standard InChI is InChI=1S/C26H18N2O3/c29-24(14-11-18-10-12-19-6-4-5-7-20(19)16-18)23-17-22(13-15-25(30)26(23)31)28-27-21-8-2-1-3-9-21/h1-17H,(H,30,31)/b14-11+,28-27?. The van der Waals surface area contributed by atoms with E-state index in [0.29, 0.717) is 5.69 Å². The Morgan fingerprint density at radius 1 is 0.742 bits per heavy atom. The maximum Gasteiger partial charge on any atom is 0.220 e. The third-order valence-electron chi connectivity index (χ3n) is 4.69. The van der Waals surface area contributed by atoms with E-state index in [1.165, 1.54) is 24.3 Å². The van der Waals surface area contributed by atoms with Gasteiger partial charge < -0.3 is 5.11 Å². The zero-order chi connectivity index (χ0) is 21.6. The van der Waals surface area contributed by atoms with Gasteiger partial charge in [0.15, 0.2) is 11.5 Å². The third kappa shape index (κ3) is 4.79. The van der Waals surface area contributed by atoms with Crippen LogP contribution in [0.3, 0.4) is 0 Å². The molecule has 1 N–H and O–H groups in total. The lowest BCUT2D eigenvalue weighted by atomic mass is 10.1. The van der Waals surface area contributed by atoms with Crippen molar-refractivity contribution in [3.8, 4) is 5.75 Å². The van der Waals surface area contributed by atoms with Crippen LogP contribution < -0.4 is 5.43 Å². The van der Waals surface area contributed by atoms with Crippen LogP contribution in [0.5, 0.6) is 5.75 Å². The molecule has 4 aromatic carbocycles. The van der Waals surface area contributed by atoms with Gasteiger partial charge >= 0.3 is 0 Å². The highest BCUT2D eigenvalue weighted by Gasteiger charge is 2.11. The molecular weight excluding hydrogens is 388 g/mol. The predicted molar refractivity (Wildman–Crippen MR) is 122 cm³/mol. The Labute approximate surface area is 178 Å². The molecule has 0 aliphatic carbocycles. The van der Waals surface area contributed by atoms with E-state index in [1.54, 1.807) is 18.2 Å². The van der Waals surface area contributed by atoms with E-state index in [9.17, 15) is 14.7 Å². The molecule has 0 amide bonds. The number of allylic oxidation sites excluding steroid dienone is 1. The van der Waals surface area contributed by atoms with Gasteiger partial charge in [0, 0.05) is 0 Å². The van der Waals surface area contributed by atoms with Crippen molar-refractivity contribution in [1.29, 1.82) is 0 Å². The molecule has 5 heteroatoms. The van der Waals surface area contributed by atoms with Gasteiger partial charge in [-0.2, -0.15) is 10.2 Å². The molecule has 31 heavy (non-hydrogen) atoms. The van der Waals surface area contributed by atoms with E-state index >= 15 is 0 Å². The summed E-state index contributed by atoms with van der Waals surface area (Å²) in [7, 11) is 0. The van der Waals surface area contributed by atoms with Crippen molar-refractivity contribution in [1.82, 2.24) is 0 Å². The minimum atomic E-state index is -0.663. The minimum Gasteiger partial charge on any atom is -0.504 e. The second kappa shape index (κ2) is 8.97. The van der Waals surface area contributed by atoms with Gasteiger partial charge in [0.2, 0.25) is 5.43 Å². The maximum atomic E-state index is 12.8. The van der Waals surface area contributed by atoms with Gasteiger partial charge in [0.1, 0.15) is 0 Å². The smallest absolute Gasteiger partial charge is 0.220 e. The molecule has 0 saturated carbocycles. The summed E-state index contributed by atoms with van der Waals surface area (Å²) < 4.78 is 0. The van der Waals surface area contributed by atoms with E-state index in [4.69, 9.17) is 0 Å². The lowest BCUT2D eigenvalue weighted by molar-refractivity contribution is 0.104. The van der Waals surface area contributed by atoms with Crippen LogP contribution in [0.1, 0.15) is 15.9 Å². The second-order valence-electron chi connectivity index (χ2n) is 6.87. The Morgan fingerprint density at radius 2 is 1.45 bits per heavy atom. The number of benzene rings is 3. The molecule has 0 radical (unpaired) electrons. The van der Waals surface area contributed by atoms with Crippen molar-refractivity contribution in [3.05, 3.63) is 118 Å². The second-order valence-corrected chi connectivity index (χ2v) is 6.87. The fourth-order valence-electron chi connectivity index (χ4n) is 3.07. The van der Waals surface area contributed by atoms with Crippen molar-refractivity contribution < 1.29 is 9.90 Å². The van der Waals surface area contributed by atoms with Crippen molar-refractivity contribution in [2.45, 2.75) is 0 Å². The molecule has 0 fully saturated rings. The van der Waals surface area contributed by atoms with E-state index in [1.807, 2.05) is 60.7 Å². The van der Waals surface area contributed by atoms with Crippen molar-refractivity contribution in [2.75, 3.05) is 0 Å². The summed E-state index contributed by atoms with van der Waals surface area (Å²) in [5, 5.41) is 20.6. The van der Waals surface area contributed by atoms with Gasteiger partial charge in [-0.3, -0.25) is 9.59 Å². The first-order chi connectivity index (χ1) is 15.1. The van der Waals surface area contributed by atoms with Crippen LogP contribution in [0.25, 0.3) is 16.8 Å². The summed E-state index contributed by atoms with van der Waals surface area (Å²) in [6.07, 6.45) is 2.98. The number of rotatable bonds is 5. The summed E-state index contributed by atoms with van der Waals surface area (Å²) in [4.78, 5) is 24.9. The van der Waals surface area contributed by atoms with E-state index in [0.717, 1.165) is 16.3 Å². The molecule has 5 nitrogen and oxygen atoms in total. The number of nitrogens with zero attached hydrogens (tertiary/aromatic N) is 2. The van der Waals surface area contributed by atoms with Gasteiger partial charge in [-0.05, 0) is 58.8 Å². The van der Waals surface area contributed by atoms with Crippen molar-refractivity contribution >= 4 is 34.0 Å². The molecule has 0 spiro atoms. The normalized spacial score (nSPS) is 11.4. The van der Waals surface area contributed by atoms with Crippen LogP contribution in [-0.4, -0.2) is 10.9 Å². The zero-order valence-corrected chi connectivity index (χ0v) is 16.5. The highest BCUT2D eigenvalue weighted by Crippen LogP contribution is 2.22. The molecule has 0 aliphatic rings. The van der Waals surface area contributed by atoms with Crippen LogP contribution in [0.15, 0.2) is 112 Å². The average Bonchev–Trinajstić information content (AvgIpc) is 2.95. The molecule has 4 rings (SSSR count). The first-order valence-corrected chi connectivity index (χ1v) is 9.65. The Kier molecular flexibility index (Phi) is 5.76. The number of hydrogen-bond donors (Lipinski definition) is 1. The van der Waals surface area contributed by atoms with Crippen LogP contribution in [0.2, 0.25) is 0 Å². The number of ketones is 1. The van der Waals surface area contributed by atoms with Gasteiger partial charge in [0.25, 0.3) is 0 Å². The molecule has 0 aromatic heterocycles. The molecule has 0 heterocycles. The van der Waals surface area contributed by atoms with E-state index < -0.39 is 17.0 Å². The molecule has 0 atom stereocenters. The van der Waals surface area contributed by atoms with Crippen molar-refractivity contribution in [2.24, 2.45) is 10.2 Å².